The van der Waals surface area contributed by atoms with Crippen molar-refractivity contribution in [3.05, 3.63) is 17.5 Å². The van der Waals surface area contributed by atoms with Crippen molar-refractivity contribution in [1.82, 2.24) is 15.1 Å². The number of hydrogen-bond donors (Lipinski definition) is 2. The number of carbonyl (C=O) groups is 1. The standard InChI is InChI=1S/C10H17N3O2/c1-7-5-8(13(4)12-7)9(14)11-6-10(2,3)15/h5,15H,6H2,1-4H3,(H,11,14). The summed E-state index contributed by atoms with van der Waals surface area (Å²) in [5.41, 5.74) is 0.395. The molecule has 0 aliphatic heterocycles. The van der Waals surface area contributed by atoms with Crippen molar-refractivity contribution in [2.24, 2.45) is 7.05 Å². The number of amides is 1. The van der Waals surface area contributed by atoms with Crippen molar-refractivity contribution in [3.8, 4) is 0 Å². The van der Waals surface area contributed by atoms with Gasteiger partial charge < -0.3 is 10.4 Å². The summed E-state index contributed by atoms with van der Waals surface area (Å²) in [6.07, 6.45) is 0. The van der Waals surface area contributed by atoms with E-state index in [9.17, 15) is 9.90 Å². The Morgan fingerprint density at radius 2 is 2.27 bits per heavy atom. The van der Waals surface area contributed by atoms with Crippen LogP contribution in [0.5, 0.6) is 0 Å². The fraction of sp³-hybridized carbons (Fsp3) is 0.600. The van der Waals surface area contributed by atoms with Gasteiger partial charge in [-0.2, -0.15) is 5.10 Å². The van der Waals surface area contributed by atoms with Gasteiger partial charge in [-0.1, -0.05) is 0 Å². The minimum Gasteiger partial charge on any atom is -0.389 e. The van der Waals surface area contributed by atoms with E-state index in [-0.39, 0.29) is 12.5 Å². The molecule has 1 amide bonds. The topological polar surface area (TPSA) is 67.2 Å². The summed E-state index contributed by atoms with van der Waals surface area (Å²) in [6.45, 7) is 5.33. The van der Waals surface area contributed by atoms with Crippen LogP contribution in [0.25, 0.3) is 0 Å². The molecule has 0 spiro atoms. The smallest absolute Gasteiger partial charge is 0.269 e. The fourth-order valence-electron chi connectivity index (χ4n) is 1.21. The van der Waals surface area contributed by atoms with Gasteiger partial charge in [0.1, 0.15) is 5.69 Å². The highest BCUT2D eigenvalue weighted by Gasteiger charge is 2.16. The fourth-order valence-corrected chi connectivity index (χ4v) is 1.21. The molecule has 0 saturated heterocycles. The van der Waals surface area contributed by atoms with Crippen molar-refractivity contribution in [2.75, 3.05) is 6.54 Å². The van der Waals surface area contributed by atoms with Crippen LogP contribution in [0.2, 0.25) is 0 Å². The Morgan fingerprint density at radius 3 is 2.67 bits per heavy atom. The second-order valence-corrected chi connectivity index (χ2v) is 4.29. The van der Waals surface area contributed by atoms with Crippen molar-refractivity contribution >= 4 is 5.91 Å². The lowest BCUT2D eigenvalue weighted by Crippen LogP contribution is -2.38. The molecule has 1 aromatic heterocycles. The third-order valence-corrected chi connectivity index (χ3v) is 1.92. The highest BCUT2D eigenvalue weighted by molar-refractivity contribution is 5.92. The Morgan fingerprint density at radius 1 is 1.67 bits per heavy atom. The van der Waals surface area contributed by atoms with Gasteiger partial charge in [-0.15, -0.1) is 0 Å². The summed E-state index contributed by atoms with van der Waals surface area (Å²) in [7, 11) is 1.71. The highest BCUT2D eigenvalue weighted by Crippen LogP contribution is 2.03. The summed E-state index contributed by atoms with van der Waals surface area (Å²) in [6, 6.07) is 1.71. The minimum absolute atomic E-state index is 0.218. The number of carbonyl (C=O) groups excluding carboxylic acids is 1. The number of aliphatic hydroxyl groups is 1. The van der Waals surface area contributed by atoms with Crippen LogP contribution in [0.15, 0.2) is 6.07 Å². The van der Waals surface area contributed by atoms with Crippen LogP contribution >= 0.6 is 0 Å². The summed E-state index contributed by atoms with van der Waals surface area (Å²) in [4.78, 5) is 11.6. The Kier molecular flexibility index (Phi) is 3.14. The van der Waals surface area contributed by atoms with E-state index in [1.54, 1.807) is 27.0 Å². The van der Waals surface area contributed by atoms with Gasteiger partial charge >= 0.3 is 0 Å². The molecule has 15 heavy (non-hydrogen) atoms. The maximum Gasteiger partial charge on any atom is 0.269 e. The zero-order chi connectivity index (χ0) is 11.6. The average Bonchev–Trinajstić information content (AvgIpc) is 2.40. The number of nitrogens with zero attached hydrogens (tertiary/aromatic N) is 2. The van der Waals surface area contributed by atoms with Gasteiger partial charge in [0.25, 0.3) is 5.91 Å². The van der Waals surface area contributed by atoms with Crippen LogP contribution in [0.1, 0.15) is 30.0 Å². The maximum atomic E-state index is 11.6. The molecule has 0 atom stereocenters. The van der Waals surface area contributed by atoms with Gasteiger partial charge in [0.05, 0.1) is 11.3 Å². The number of nitrogens with one attached hydrogen (secondary N) is 1. The summed E-state index contributed by atoms with van der Waals surface area (Å²) < 4.78 is 1.52. The summed E-state index contributed by atoms with van der Waals surface area (Å²) >= 11 is 0. The molecule has 0 radical (unpaired) electrons. The monoisotopic (exact) mass is 211 g/mol. The highest BCUT2D eigenvalue weighted by atomic mass is 16.3. The number of rotatable bonds is 3. The van der Waals surface area contributed by atoms with E-state index >= 15 is 0 Å². The van der Waals surface area contributed by atoms with E-state index in [0.717, 1.165) is 5.69 Å². The van der Waals surface area contributed by atoms with E-state index in [4.69, 9.17) is 0 Å². The first-order chi connectivity index (χ1) is 6.79. The lowest BCUT2D eigenvalue weighted by Gasteiger charge is -2.17. The van der Waals surface area contributed by atoms with Crippen LogP contribution in [0.4, 0.5) is 0 Å². The third kappa shape index (κ3) is 3.36. The normalized spacial score (nSPS) is 11.5. The molecule has 1 heterocycles. The molecule has 1 aromatic rings. The number of hydrogen-bond acceptors (Lipinski definition) is 3. The van der Waals surface area contributed by atoms with Crippen molar-refractivity contribution in [3.63, 3.8) is 0 Å². The molecular weight excluding hydrogens is 194 g/mol. The van der Waals surface area contributed by atoms with E-state index in [1.165, 1.54) is 4.68 Å². The van der Waals surface area contributed by atoms with Gasteiger partial charge in [0.15, 0.2) is 0 Å². The predicted octanol–water partition coefficient (Wildman–Crippen LogP) is 0.229. The molecule has 1 rings (SSSR count). The van der Waals surface area contributed by atoms with Crippen molar-refractivity contribution < 1.29 is 9.90 Å². The van der Waals surface area contributed by atoms with Gasteiger partial charge in [-0.25, -0.2) is 0 Å². The molecular formula is C10H17N3O2. The van der Waals surface area contributed by atoms with Gasteiger partial charge in [-0.05, 0) is 26.8 Å². The first-order valence-corrected chi connectivity index (χ1v) is 4.81. The average molecular weight is 211 g/mol. The molecule has 5 heteroatoms. The number of aromatic nitrogens is 2. The quantitative estimate of drug-likeness (QED) is 0.752. The molecule has 0 saturated carbocycles. The van der Waals surface area contributed by atoms with E-state index in [1.807, 2.05) is 6.92 Å². The van der Waals surface area contributed by atoms with E-state index < -0.39 is 5.60 Å². The second-order valence-electron chi connectivity index (χ2n) is 4.29. The van der Waals surface area contributed by atoms with Crippen molar-refractivity contribution in [1.29, 1.82) is 0 Å². The largest absolute Gasteiger partial charge is 0.389 e. The van der Waals surface area contributed by atoms with Gasteiger partial charge in [-0.3, -0.25) is 9.48 Å². The number of aryl methyl sites for hydroxylation is 2. The molecule has 0 aliphatic carbocycles. The van der Waals surface area contributed by atoms with Crippen LogP contribution in [0.3, 0.4) is 0 Å². The van der Waals surface area contributed by atoms with Crippen LogP contribution < -0.4 is 5.32 Å². The molecule has 84 valence electrons. The van der Waals surface area contributed by atoms with Crippen LogP contribution in [0, 0.1) is 6.92 Å². The zero-order valence-electron chi connectivity index (χ0n) is 9.53. The SMILES string of the molecule is Cc1cc(C(=O)NCC(C)(C)O)n(C)n1. The molecule has 0 aliphatic rings. The summed E-state index contributed by atoms with van der Waals surface area (Å²) in [5.74, 6) is -0.222. The van der Waals surface area contributed by atoms with Crippen LogP contribution in [-0.4, -0.2) is 32.9 Å². The van der Waals surface area contributed by atoms with E-state index in [0.29, 0.717) is 5.69 Å². The minimum atomic E-state index is -0.900. The van der Waals surface area contributed by atoms with E-state index in [2.05, 4.69) is 10.4 Å². The first kappa shape index (κ1) is 11.7. The molecule has 5 nitrogen and oxygen atoms in total. The zero-order valence-corrected chi connectivity index (χ0v) is 9.53. The molecule has 0 fully saturated rings. The van der Waals surface area contributed by atoms with Gasteiger partial charge in [0, 0.05) is 13.6 Å². The Bertz CT molecular complexity index is 363. The summed E-state index contributed by atoms with van der Waals surface area (Å²) in [5, 5.41) is 16.2. The molecule has 0 unspecified atom stereocenters. The Balaban J connectivity index is 2.66. The van der Waals surface area contributed by atoms with Crippen molar-refractivity contribution in [2.45, 2.75) is 26.4 Å². The molecule has 2 N–H and O–H groups in total. The first-order valence-electron chi connectivity index (χ1n) is 4.81. The Hall–Kier alpha value is -1.36. The lowest BCUT2D eigenvalue weighted by atomic mass is 10.1. The van der Waals surface area contributed by atoms with Crippen LogP contribution in [-0.2, 0) is 7.05 Å². The predicted molar refractivity (Wildman–Crippen MR) is 56.6 cm³/mol. The maximum absolute atomic E-state index is 11.6. The molecule has 0 aromatic carbocycles. The Labute approximate surface area is 89.1 Å². The molecule has 0 bridgehead atoms. The third-order valence-electron chi connectivity index (χ3n) is 1.92. The van der Waals surface area contributed by atoms with Gasteiger partial charge in [0.2, 0.25) is 0 Å². The lowest BCUT2D eigenvalue weighted by molar-refractivity contribution is 0.0689. The second kappa shape index (κ2) is 4.02.